The number of aryl methyl sites for hydroxylation is 1. The Morgan fingerprint density at radius 3 is 2.67 bits per heavy atom. The molecule has 0 aliphatic heterocycles. The monoisotopic (exact) mass is 287 g/mol. The van der Waals surface area contributed by atoms with Gasteiger partial charge in [-0.25, -0.2) is 0 Å². The molecule has 0 bridgehead atoms. The second-order valence-electron chi connectivity index (χ2n) is 6.15. The Labute approximate surface area is 129 Å². The van der Waals surface area contributed by atoms with Crippen molar-refractivity contribution in [1.29, 1.82) is 0 Å². The molecule has 0 heterocycles. The number of phenols is 1. The zero-order valence-electron chi connectivity index (χ0n) is 13.7. The Morgan fingerprint density at radius 1 is 1.33 bits per heavy atom. The third-order valence-corrected chi connectivity index (χ3v) is 4.86. The molecule has 2 heteroatoms. The number of rotatable bonds is 6. The summed E-state index contributed by atoms with van der Waals surface area (Å²) in [4.78, 5) is 2.50. The van der Waals surface area contributed by atoms with E-state index in [9.17, 15) is 5.11 Å². The maximum atomic E-state index is 10.2. The van der Waals surface area contributed by atoms with Crippen molar-refractivity contribution >= 4 is 5.57 Å². The van der Waals surface area contributed by atoms with Crippen molar-refractivity contribution in [3.05, 3.63) is 35.4 Å². The fourth-order valence-corrected chi connectivity index (χ4v) is 3.49. The van der Waals surface area contributed by atoms with Crippen molar-refractivity contribution in [2.24, 2.45) is 0 Å². The zero-order chi connectivity index (χ0) is 15.2. The van der Waals surface area contributed by atoms with Crippen LogP contribution in [0.1, 0.15) is 57.1 Å². The van der Waals surface area contributed by atoms with Gasteiger partial charge >= 0.3 is 0 Å². The highest BCUT2D eigenvalue weighted by atomic mass is 16.3. The summed E-state index contributed by atoms with van der Waals surface area (Å²) in [6, 6.07) is 6.63. The fourth-order valence-electron chi connectivity index (χ4n) is 3.49. The molecule has 0 unspecified atom stereocenters. The molecule has 0 amide bonds. The van der Waals surface area contributed by atoms with Gasteiger partial charge in [0.05, 0.1) is 0 Å². The summed E-state index contributed by atoms with van der Waals surface area (Å²) in [5, 5.41) is 10.2. The van der Waals surface area contributed by atoms with Gasteiger partial charge < -0.3 is 10.0 Å². The highest BCUT2D eigenvalue weighted by molar-refractivity contribution is 5.73. The molecule has 1 aliphatic rings. The van der Waals surface area contributed by atoms with Crippen LogP contribution >= 0.6 is 0 Å². The molecule has 2 rings (SSSR count). The van der Waals surface area contributed by atoms with Gasteiger partial charge in [0.1, 0.15) is 5.75 Å². The third kappa shape index (κ3) is 3.88. The van der Waals surface area contributed by atoms with Crippen LogP contribution in [0.15, 0.2) is 24.3 Å². The second kappa shape index (κ2) is 7.65. The van der Waals surface area contributed by atoms with Crippen molar-refractivity contribution in [2.45, 2.75) is 58.4 Å². The van der Waals surface area contributed by atoms with Crippen LogP contribution in [0, 0.1) is 0 Å². The van der Waals surface area contributed by atoms with Crippen molar-refractivity contribution in [3.63, 3.8) is 0 Å². The first-order valence-corrected chi connectivity index (χ1v) is 8.34. The highest BCUT2D eigenvalue weighted by Gasteiger charge is 2.20. The fraction of sp³-hybridized carbons (Fsp3) is 0.579. The smallest absolute Gasteiger partial charge is 0.123 e. The first kappa shape index (κ1) is 16.1. The number of phenolic OH excluding ortho intramolecular Hbond substituents is 1. The Hall–Kier alpha value is -1.28. The lowest BCUT2D eigenvalue weighted by molar-refractivity contribution is 0.251. The molecule has 1 aromatic carbocycles. The lowest BCUT2D eigenvalue weighted by atomic mass is 9.94. The Bertz CT molecular complexity index is 486. The van der Waals surface area contributed by atoms with Crippen LogP contribution in [0.3, 0.4) is 0 Å². The van der Waals surface area contributed by atoms with Crippen molar-refractivity contribution in [1.82, 2.24) is 4.90 Å². The Balaban J connectivity index is 2.07. The van der Waals surface area contributed by atoms with E-state index in [-0.39, 0.29) is 0 Å². The molecule has 0 aromatic heterocycles. The van der Waals surface area contributed by atoms with Gasteiger partial charge in [-0.3, -0.25) is 0 Å². The summed E-state index contributed by atoms with van der Waals surface area (Å²) < 4.78 is 0. The van der Waals surface area contributed by atoms with Gasteiger partial charge in [-0.05, 0) is 56.9 Å². The van der Waals surface area contributed by atoms with E-state index in [1.54, 1.807) is 6.07 Å². The standard InChI is InChI=1S/C19H29NO/c1-4-15-9-8-12-18(21)19(15)16(5-2)13-14-20(3)17-10-6-7-11-17/h5,8-9,12,17,21H,4,6-7,10-11,13-14H2,1-3H3/b16-5-. The predicted molar refractivity (Wildman–Crippen MR) is 90.6 cm³/mol. The maximum Gasteiger partial charge on any atom is 0.123 e. The van der Waals surface area contributed by atoms with E-state index in [1.807, 2.05) is 6.07 Å². The van der Waals surface area contributed by atoms with Crippen LogP contribution in [-0.2, 0) is 6.42 Å². The average molecular weight is 287 g/mol. The molecule has 1 N–H and O–H groups in total. The largest absolute Gasteiger partial charge is 0.507 e. The molecule has 0 radical (unpaired) electrons. The SMILES string of the molecule is C/C=C(/CCN(C)C1CCCC1)c1c(O)cccc1CC. The normalized spacial score (nSPS) is 16.9. The lowest BCUT2D eigenvalue weighted by Gasteiger charge is -2.25. The number of allylic oxidation sites excluding steroid dienone is 1. The van der Waals surface area contributed by atoms with Crippen LogP contribution in [-0.4, -0.2) is 29.6 Å². The second-order valence-corrected chi connectivity index (χ2v) is 6.15. The number of hydrogen-bond donors (Lipinski definition) is 1. The van der Waals surface area contributed by atoms with Crippen molar-refractivity contribution in [2.75, 3.05) is 13.6 Å². The molecule has 1 aromatic rings. The van der Waals surface area contributed by atoms with Crippen LogP contribution in [0.4, 0.5) is 0 Å². The van der Waals surface area contributed by atoms with E-state index in [1.165, 1.54) is 36.8 Å². The van der Waals surface area contributed by atoms with Crippen molar-refractivity contribution < 1.29 is 5.11 Å². The molecule has 2 nitrogen and oxygen atoms in total. The Morgan fingerprint density at radius 2 is 2.05 bits per heavy atom. The molecule has 0 spiro atoms. The molecular weight excluding hydrogens is 258 g/mol. The van der Waals surface area contributed by atoms with Crippen LogP contribution < -0.4 is 0 Å². The summed E-state index contributed by atoms with van der Waals surface area (Å²) >= 11 is 0. The quantitative estimate of drug-likeness (QED) is 0.825. The molecule has 1 aliphatic carbocycles. The summed E-state index contributed by atoms with van der Waals surface area (Å²) in [6.07, 6.45) is 9.58. The molecular formula is C19H29NO. The molecule has 1 saturated carbocycles. The average Bonchev–Trinajstić information content (AvgIpc) is 3.03. The summed E-state index contributed by atoms with van der Waals surface area (Å²) in [5.41, 5.74) is 3.57. The van der Waals surface area contributed by atoms with E-state index < -0.39 is 0 Å². The van der Waals surface area contributed by atoms with Crippen LogP contribution in [0.2, 0.25) is 0 Å². The van der Waals surface area contributed by atoms with Gasteiger partial charge in [0.15, 0.2) is 0 Å². The highest BCUT2D eigenvalue weighted by Crippen LogP contribution is 2.32. The zero-order valence-corrected chi connectivity index (χ0v) is 13.7. The number of benzene rings is 1. The number of hydrogen-bond acceptors (Lipinski definition) is 2. The van der Waals surface area contributed by atoms with E-state index >= 15 is 0 Å². The summed E-state index contributed by atoms with van der Waals surface area (Å²) in [6.45, 7) is 5.30. The predicted octanol–water partition coefficient (Wildman–Crippen LogP) is 4.62. The summed E-state index contributed by atoms with van der Waals surface area (Å²) in [5.74, 6) is 0.422. The van der Waals surface area contributed by atoms with Crippen LogP contribution in [0.25, 0.3) is 5.57 Å². The molecule has 21 heavy (non-hydrogen) atoms. The first-order chi connectivity index (χ1) is 10.2. The minimum Gasteiger partial charge on any atom is -0.507 e. The van der Waals surface area contributed by atoms with E-state index in [0.29, 0.717) is 5.75 Å². The molecule has 0 saturated heterocycles. The van der Waals surface area contributed by atoms with Gasteiger partial charge in [-0.2, -0.15) is 0 Å². The van der Waals surface area contributed by atoms with Gasteiger partial charge in [-0.15, -0.1) is 0 Å². The molecule has 116 valence electrons. The van der Waals surface area contributed by atoms with Crippen LogP contribution in [0.5, 0.6) is 5.75 Å². The topological polar surface area (TPSA) is 23.5 Å². The molecule has 1 fully saturated rings. The minimum atomic E-state index is 0.422. The molecule has 0 atom stereocenters. The van der Waals surface area contributed by atoms with Gasteiger partial charge in [0.25, 0.3) is 0 Å². The Kier molecular flexibility index (Phi) is 5.86. The number of nitrogens with zero attached hydrogens (tertiary/aromatic N) is 1. The maximum absolute atomic E-state index is 10.2. The minimum absolute atomic E-state index is 0.422. The van der Waals surface area contributed by atoms with E-state index in [4.69, 9.17) is 0 Å². The van der Waals surface area contributed by atoms with Gasteiger partial charge in [0, 0.05) is 18.2 Å². The van der Waals surface area contributed by atoms with E-state index in [2.05, 4.69) is 37.9 Å². The van der Waals surface area contributed by atoms with Gasteiger partial charge in [-0.1, -0.05) is 38.0 Å². The van der Waals surface area contributed by atoms with Crippen molar-refractivity contribution in [3.8, 4) is 5.75 Å². The first-order valence-electron chi connectivity index (χ1n) is 8.34. The van der Waals surface area contributed by atoms with E-state index in [0.717, 1.165) is 31.0 Å². The lowest BCUT2D eigenvalue weighted by Crippen LogP contribution is -2.30. The third-order valence-electron chi connectivity index (χ3n) is 4.86. The number of aromatic hydroxyl groups is 1. The van der Waals surface area contributed by atoms with Gasteiger partial charge in [0.2, 0.25) is 0 Å². The summed E-state index contributed by atoms with van der Waals surface area (Å²) in [7, 11) is 2.24.